The highest BCUT2D eigenvalue weighted by atomic mass is 16.5. The highest BCUT2D eigenvalue weighted by Gasteiger charge is 2.09. The van der Waals surface area contributed by atoms with E-state index in [-0.39, 0.29) is 5.91 Å². The van der Waals surface area contributed by atoms with Crippen LogP contribution in [0.15, 0.2) is 60.8 Å². The van der Waals surface area contributed by atoms with Crippen molar-refractivity contribution in [3.63, 3.8) is 0 Å². The lowest BCUT2D eigenvalue weighted by atomic mass is 10.2. The van der Waals surface area contributed by atoms with Crippen molar-refractivity contribution in [3.05, 3.63) is 71.9 Å². The number of aryl methyl sites for hydroxylation is 1. The molecule has 0 aliphatic carbocycles. The number of carbonyl (C=O) groups is 1. The lowest BCUT2D eigenvalue weighted by Crippen LogP contribution is -2.12. The van der Waals surface area contributed by atoms with Gasteiger partial charge in [-0.3, -0.25) is 4.79 Å². The van der Waals surface area contributed by atoms with Crippen LogP contribution in [0.5, 0.6) is 11.5 Å². The van der Waals surface area contributed by atoms with Crippen LogP contribution in [-0.4, -0.2) is 25.1 Å². The zero-order valence-corrected chi connectivity index (χ0v) is 15.4. The Labute approximate surface area is 158 Å². The van der Waals surface area contributed by atoms with E-state index in [0.717, 1.165) is 16.9 Å². The molecule has 3 rings (SSSR count). The molecule has 0 unspecified atom stereocenters. The van der Waals surface area contributed by atoms with Crippen molar-refractivity contribution in [3.8, 4) is 11.5 Å². The standard InChI is InChI=1S/C21H21N3O3/c1-14-4-7-16(8-5-14)23-21(25)15-6-11-20(22-13-15)24-18-12-17(26-2)9-10-19(18)27-3/h4-13H,1-3H3,(H,22,24)(H,23,25). The molecule has 6 heteroatoms. The average Bonchev–Trinajstić information content (AvgIpc) is 2.70. The third-order valence-electron chi connectivity index (χ3n) is 4.00. The number of hydrogen-bond donors (Lipinski definition) is 2. The second-order valence-electron chi connectivity index (χ2n) is 5.94. The molecule has 138 valence electrons. The first kappa shape index (κ1) is 18.3. The summed E-state index contributed by atoms with van der Waals surface area (Å²) >= 11 is 0. The number of aromatic nitrogens is 1. The smallest absolute Gasteiger partial charge is 0.257 e. The van der Waals surface area contributed by atoms with Gasteiger partial charge in [-0.2, -0.15) is 0 Å². The van der Waals surface area contributed by atoms with E-state index in [4.69, 9.17) is 9.47 Å². The van der Waals surface area contributed by atoms with Gasteiger partial charge < -0.3 is 20.1 Å². The Morgan fingerprint density at radius 3 is 2.37 bits per heavy atom. The molecule has 0 saturated carbocycles. The molecule has 0 spiro atoms. The molecule has 2 N–H and O–H groups in total. The van der Waals surface area contributed by atoms with E-state index in [1.807, 2.05) is 49.4 Å². The summed E-state index contributed by atoms with van der Waals surface area (Å²) in [5.74, 6) is 1.75. The van der Waals surface area contributed by atoms with Gasteiger partial charge >= 0.3 is 0 Å². The van der Waals surface area contributed by atoms with Crippen molar-refractivity contribution in [2.45, 2.75) is 6.92 Å². The zero-order chi connectivity index (χ0) is 19.2. The minimum Gasteiger partial charge on any atom is -0.497 e. The molecule has 1 amide bonds. The first-order valence-corrected chi connectivity index (χ1v) is 8.42. The SMILES string of the molecule is COc1ccc(OC)c(Nc2ccc(C(=O)Nc3ccc(C)cc3)cn2)c1. The molecule has 0 radical (unpaired) electrons. The molecule has 0 atom stereocenters. The number of nitrogens with one attached hydrogen (secondary N) is 2. The van der Waals surface area contributed by atoms with Crippen LogP contribution in [0, 0.1) is 6.92 Å². The van der Waals surface area contributed by atoms with Crippen molar-refractivity contribution in [2.24, 2.45) is 0 Å². The first-order valence-electron chi connectivity index (χ1n) is 8.42. The van der Waals surface area contributed by atoms with E-state index in [9.17, 15) is 4.79 Å². The van der Waals surface area contributed by atoms with Crippen molar-refractivity contribution < 1.29 is 14.3 Å². The van der Waals surface area contributed by atoms with Crippen LogP contribution in [0.3, 0.4) is 0 Å². The Balaban J connectivity index is 1.72. The second kappa shape index (κ2) is 8.23. The van der Waals surface area contributed by atoms with E-state index in [1.165, 1.54) is 6.20 Å². The molecule has 0 aliphatic rings. The quantitative estimate of drug-likeness (QED) is 0.679. The number of amides is 1. The summed E-state index contributed by atoms with van der Waals surface area (Å²) in [5.41, 5.74) is 3.08. The van der Waals surface area contributed by atoms with Gasteiger partial charge in [0.05, 0.1) is 25.5 Å². The number of carbonyl (C=O) groups excluding carboxylic acids is 1. The van der Waals surface area contributed by atoms with Crippen LogP contribution in [0.1, 0.15) is 15.9 Å². The summed E-state index contributed by atoms with van der Waals surface area (Å²) < 4.78 is 10.6. The molecule has 0 saturated heterocycles. The average molecular weight is 363 g/mol. The fourth-order valence-electron chi connectivity index (χ4n) is 2.49. The van der Waals surface area contributed by atoms with Crippen molar-refractivity contribution in [1.82, 2.24) is 4.98 Å². The van der Waals surface area contributed by atoms with E-state index in [0.29, 0.717) is 22.9 Å². The van der Waals surface area contributed by atoms with Gasteiger partial charge in [0.25, 0.3) is 5.91 Å². The number of pyridine rings is 1. The normalized spacial score (nSPS) is 10.2. The van der Waals surface area contributed by atoms with Crippen LogP contribution in [0.4, 0.5) is 17.2 Å². The largest absolute Gasteiger partial charge is 0.497 e. The predicted molar refractivity (Wildman–Crippen MR) is 106 cm³/mol. The highest BCUT2D eigenvalue weighted by molar-refractivity contribution is 6.04. The predicted octanol–water partition coefficient (Wildman–Crippen LogP) is 4.40. The maximum Gasteiger partial charge on any atom is 0.257 e. The van der Waals surface area contributed by atoms with Crippen LogP contribution in [0.25, 0.3) is 0 Å². The first-order chi connectivity index (χ1) is 13.1. The number of benzene rings is 2. The maximum absolute atomic E-state index is 12.3. The van der Waals surface area contributed by atoms with Gasteiger partial charge in [0.2, 0.25) is 0 Å². The van der Waals surface area contributed by atoms with Gasteiger partial charge in [-0.1, -0.05) is 17.7 Å². The summed E-state index contributed by atoms with van der Waals surface area (Å²) in [4.78, 5) is 16.7. The fraction of sp³-hybridized carbons (Fsp3) is 0.143. The van der Waals surface area contributed by atoms with Crippen LogP contribution >= 0.6 is 0 Å². The monoisotopic (exact) mass is 363 g/mol. The Kier molecular flexibility index (Phi) is 5.56. The Bertz CT molecular complexity index is 922. The van der Waals surface area contributed by atoms with E-state index in [2.05, 4.69) is 15.6 Å². The number of ether oxygens (including phenoxy) is 2. The topological polar surface area (TPSA) is 72.5 Å². The molecule has 0 fully saturated rings. The van der Waals surface area contributed by atoms with E-state index < -0.39 is 0 Å². The van der Waals surface area contributed by atoms with E-state index in [1.54, 1.807) is 26.4 Å². The highest BCUT2D eigenvalue weighted by Crippen LogP contribution is 2.31. The van der Waals surface area contributed by atoms with Crippen molar-refractivity contribution >= 4 is 23.1 Å². The molecular formula is C21H21N3O3. The Hall–Kier alpha value is -3.54. The summed E-state index contributed by atoms with van der Waals surface area (Å²) in [6, 6.07) is 16.5. The molecule has 0 bridgehead atoms. The Morgan fingerprint density at radius 2 is 1.74 bits per heavy atom. The second-order valence-corrected chi connectivity index (χ2v) is 5.94. The minimum absolute atomic E-state index is 0.211. The third-order valence-corrected chi connectivity index (χ3v) is 4.00. The molecule has 2 aromatic carbocycles. The lowest BCUT2D eigenvalue weighted by Gasteiger charge is -2.12. The van der Waals surface area contributed by atoms with Crippen molar-refractivity contribution in [2.75, 3.05) is 24.9 Å². The number of nitrogens with zero attached hydrogens (tertiary/aromatic N) is 1. The zero-order valence-electron chi connectivity index (χ0n) is 15.4. The number of rotatable bonds is 6. The molecule has 6 nitrogen and oxygen atoms in total. The minimum atomic E-state index is -0.211. The van der Waals surface area contributed by atoms with Crippen LogP contribution in [-0.2, 0) is 0 Å². The van der Waals surface area contributed by atoms with Crippen LogP contribution < -0.4 is 20.1 Å². The van der Waals surface area contributed by atoms with E-state index >= 15 is 0 Å². The molecule has 27 heavy (non-hydrogen) atoms. The van der Waals surface area contributed by atoms with Gasteiger partial charge in [-0.25, -0.2) is 4.98 Å². The maximum atomic E-state index is 12.3. The number of methoxy groups -OCH3 is 2. The summed E-state index contributed by atoms with van der Waals surface area (Å²) in [7, 11) is 3.20. The third kappa shape index (κ3) is 4.55. The molecule has 1 aromatic heterocycles. The summed E-state index contributed by atoms with van der Waals surface area (Å²) in [6.07, 6.45) is 1.53. The molecule has 3 aromatic rings. The van der Waals surface area contributed by atoms with Gasteiger partial charge in [-0.05, 0) is 43.3 Å². The fourth-order valence-corrected chi connectivity index (χ4v) is 2.49. The molecule has 1 heterocycles. The van der Waals surface area contributed by atoms with Crippen molar-refractivity contribution in [1.29, 1.82) is 0 Å². The summed E-state index contributed by atoms with van der Waals surface area (Å²) in [5, 5.41) is 6.02. The Morgan fingerprint density at radius 1 is 0.963 bits per heavy atom. The summed E-state index contributed by atoms with van der Waals surface area (Å²) in [6.45, 7) is 2.00. The molecule has 0 aliphatic heterocycles. The lowest BCUT2D eigenvalue weighted by molar-refractivity contribution is 0.102. The number of hydrogen-bond acceptors (Lipinski definition) is 5. The van der Waals surface area contributed by atoms with Gasteiger partial charge in [0, 0.05) is 18.0 Å². The molecular weight excluding hydrogens is 342 g/mol. The van der Waals surface area contributed by atoms with Gasteiger partial charge in [0.1, 0.15) is 17.3 Å². The van der Waals surface area contributed by atoms with Gasteiger partial charge in [-0.15, -0.1) is 0 Å². The number of anilines is 3. The van der Waals surface area contributed by atoms with Gasteiger partial charge in [0.15, 0.2) is 0 Å². The van der Waals surface area contributed by atoms with Crippen LogP contribution in [0.2, 0.25) is 0 Å².